The number of benzene rings is 1. The van der Waals surface area contributed by atoms with Gasteiger partial charge in [0.05, 0.1) is 11.7 Å². The van der Waals surface area contributed by atoms with E-state index in [9.17, 15) is 36.2 Å². The van der Waals surface area contributed by atoms with Crippen LogP contribution in [0, 0.1) is 16.7 Å². The Balaban J connectivity index is 0.00000625. The third kappa shape index (κ3) is 13.9. The summed E-state index contributed by atoms with van der Waals surface area (Å²) in [7, 11) is -10.2. The van der Waals surface area contributed by atoms with E-state index in [1.807, 2.05) is 0 Å². The Morgan fingerprint density at radius 3 is 2.26 bits per heavy atom. The van der Waals surface area contributed by atoms with Crippen molar-refractivity contribution >= 4 is 20.8 Å². The molecule has 2 aliphatic rings. The Morgan fingerprint density at radius 2 is 1.66 bits per heavy atom. The average molecular weight is 757 g/mol. The SMILES string of the molecule is CC(C)=CCC/C(C)=C/CCC(C)(O)C(O)CC[C@]1(C)CCCC2=C1CC[C@H](C)[C@]2(C)Cc1cc(OS(=O)(=O)[O-])ccc1OS(=O)(=O)[O-].[Na+].[Na+]. The first-order valence-electron chi connectivity index (χ1n) is 16.9. The van der Waals surface area contributed by atoms with Crippen molar-refractivity contribution in [2.75, 3.05) is 0 Å². The molecule has 2 aliphatic carbocycles. The van der Waals surface area contributed by atoms with Gasteiger partial charge < -0.3 is 27.7 Å². The topological polar surface area (TPSA) is 173 Å². The largest absolute Gasteiger partial charge is 1.00 e. The fourth-order valence-corrected chi connectivity index (χ4v) is 8.34. The van der Waals surface area contributed by atoms with Gasteiger partial charge in [-0.25, -0.2) is 16.8 Å². The molecule has 3 rings (SSSR count). The first-order valence-corrected chi connectivity index (χ1v) is 19.6. The summed E-state index contributed by atoms with van der Waals surface area (Å²) >= 11 is 0. The molecule has 50 heavy (non-hydrogen) atoms. The minimum Gasteiger partial charge on any atom is -0.716 e. The number of hydrogen-bond acceptors (Lipinski definition) is 10. The maximum Gasteiger partial charge on any atom is 1.00 e. The zero-order chi connectivity index (χ0) is 36.1. The summed E-state index contributed by atoms with van der Waals surface area (Å²) in [5, 5.41) is 22.4. The van der Waals surface area contributed by atoms with E-state index in [1.54, 1.807) is 6.92 Å². The maximum absolute atomic E-state index is 11.6. The van der Waals surface area contributed by atoms with Gasteiger partial charge in [-0.05, 0) is 140 Å². The van der Waals surface area contributed by atoms with Crippen molar-refractivity contribution in [3.8, 4) is 11.5 Å². The Kier molecular flexibility index (Phi) is 18.5. The van der Waals surface area contributed by atoms with Gasteiger partial charge in [0.25, 0.3) is 20.8 Å². The van der Waals surface area contributed by atoms with Gasteiger partial charge in [0, 0.05) is 5.56 Å². The summed E-state index contributed by atoms with van der Waals surface area (Å²) in [5.74, 6) is -0.419. The molecule has 10 nitrogen and oxygen atoms in total. The predicted molar refractivity (Wildman–Crippen MR) is 184 cm³/mol. The number of hydrogen-bond donors (Lipinski definition) is 2. The summed E-state index contributed by atoms with van der Waals surface area (Å²) < 4.78 is 77.8. The van der Waals surface area contributed by atoms with Crippen LogP contribution in [-0.2, 0) is 27.2 Å². The van der Waals surface area contributed by atoms with Crippen molar-refractivity contribution < 1.29 is 104 Å². The van der Waals surface area contributed by atoms with Crippen molar-refractivity contribution in [3.63, 3.8) is 0 Å². The molecule has 0 bridgehead atoms. The van der Waals surface area contributed by atoms with Crippen LogP contribution in [0.5, 0.6) is 11.5 Å². The van der Waals surface area contributed by atoms with Crippen molar-refractivity contribution in [3.05, 3.63) is 58.2 Å². The molecule has 0 saturated carbocycles. The minimum absolute atomic E-state index is 0. The van der Waals surface area contributed by atoms with Gasteiger partial charge in [0.15, 0.2) is 0 Å². The Hall–Kier alpha value is -0.220. The molecule has 0 spiro atoms. The van der Waals surface area contributed by atoms with Crippen LogP contribution in [0.4, 0.5) is 0 Å². The quantitative estimate of drug-likeness (QED) is 0.108. The van der Waals surface area contributed by atoms with Crippen LogP contribution < -0.4 is 67.5 Å². The molecule has 14 heteroatoms. The predicted octanol–water partition coefficient (Wildman–Crippen LogP) is 1.20. The van der Waals surface area contributed by atoms with Crippen molar-refractivity contribution in [1.82, 2.24) is 0 Å². The van der Waals surface area contributed by atoms with E-state index < -0.39 is 37.9 Å². The Labute approximate surface area is 345 Å². The molecule has 1 aromatic rings. The first kappa shape index (κ1) is 47.8. The molecule has 0 radical (unpaired) electrons. The van der Waals surface area contributed by atoms with Crippen molar-refractivity contribution in [2.45, 2.75) is 137 Å². The van der Waals surface area contributed by atoms with Crippen LogP contribution in [0.1, 0.15) is 125 Å². The second kappa shape index (κ2) is 19.4. The van der Waals surface area contributed by atoms with Gasteiger partial charge in [-0.2, -0.15) is 0 Å². The molecule has 0 aliphatic heterocycles. The van der Waals surface area contributed by atoms with Crippen molar-refractivity contribution in [1.29, 1.82) is 0 Å². The van der Waals surface area contributed by atoms with Gasteiger partial charge in [0.2, 0.25) is 0 Å². The van der Waals surface area contributed by atoms with E-state index in [0.717, 1.165) is 57.1 Å². The average Bonchev–Trinajstić information content (AvgIpc) is 2.94. The standard InChI is InChI=1S/C36H56O10S2.2Na/c1-25(2)11-8-12-26(3)13-9-21-36(7,38)33(37)19-22-34(5)20-10-14-31-30(34)17-15-27(4)35(31,6)24-28-23-29(45-47(39,40)41)16-18-32(28)46-48(42,43)44;;/h11,13,16,18,23,27,33,37-38H,8-10,12,14-15,17,19-22,24H2,1-7H3,(H,39,40,41)(H,42,43,44);;/q;2*+1/p-2/b26-13+;;/t27-,33?,34-,35-,36?;;/m0../s1. The van der Waals surface area contributed by atoms with Gasteiger partial charge >= 0.3 is 59.1 Å². The minimum atomic E-state index is -5.14. The van der Waals surface area contributed by atoms with Crippen LogP contribution in [0.3, 0.4) is 0 Å². The van der Waals surface area contributed by atoms with Gasteiger partial charge in [-0.15, -0.1) is 0 Å². The molecule has 5 atom stereocenters. The van der Waals surface area contributed by atoms with Crippen LogP contribution in [0.25, 0.3) is 0 Å². The Bertz CT molecular complexity index is 1610. The summed E-state index contributed by atoms with van der Waals surface area (Å²) in [6.45, 7) is 14.4. The molecule has 0 saturated heterocycles. The van der Waals surface area contributed by atoms with E-state index in [0.29, 0.717) is 25.7 Å². The van der Waals surface area contributed by atoms with Crippen molar-refractivity contribution in [2.24, 2.45) is 16.7 Å². The van der Waals surface area contributed by atoms with E-state index in [4.69, 9.17) is 4.18 Å². The van der Waals surface area contributed by atoms with Crippen LogP contribution in [0.15, 0.2) is 52.6 Å². The van der Waals surface area contributed by atoms with E-state index in [1.165, 1.54) is 28.4 Å². The van der Waals surface area contributed by atoms with Gasteiger partial charge in [0.1, 0.15) is 11.5 Å². The maximum atomic E-state index is 11.6. The zero-order valence-electron chi connectivity index (χ0n) is 31.5. The molecule has 0 amide bonds. The van der Waals surface area contributed by atoms with Crippen LogP contribution in [0.2, 0.25) is 0 Å². The molecule has 272 valence electrons. The normalized spacial score (nSPS) is 24.5. The molecular formula is C36H54Na2O10S2. The van der Waals surface area contributed by atoms with Crippen LogP contribution >= 0.6 is 0 Å². The zero-order valence-corrected chi connectivity index (χ0v) is 37.1. The molecule has 1 aromatic carbocycles. The molecule has 2 N–H and O–H groups in total. The third-order valence-corrected chi connectivity index (χ3v) is 11.5. The smallest absolute Gasteiger partial charge is 0.716 e. The molecule has 0 heterocycles. The fourth-order valence-electron chi connectivity index (χ4n) is 7.62. The number of allylic oxidation sites excluding steroid dienone is 6. The van der Waals surface area contributed by atoms with Gasteiger partial charge in [-0.3, -0.25) is 0 Å². The number of aliphatic hydroxyl groups excluding tert-OH is 1. The van der Waals surface area contributed by atoms with Gasteiger partial charge in [-0.1, -0.05) is 55.2 Å². The second-order valence-corrected chi connectivity index (χ2v) is 16.9. The molecular weight excluding hydrogens is 703 g/mol. The first-order chi connectivity index (χ1) is 22.0. The molecule has 0 fully saturated rings. The number of rotatable bonds is 16. The monoisotopic (exact) mass is 756 g/mol. The summed E-state index contributed by atoms with van der Waals surface area (Å²) in [4.78, 5) is 0. The second-order valence-electron chi connectivity index (χ2n) is 15.0. The fraction of sp³-hybridized carbons (Fsp3) is 0.667. The van der Waals surface area contributed by atoms with Crippen LogP contribution in [-0.4, -0.2) is 47.9 Å². The third-order valence-electron chi connectivity index (χ3n) is 10.8. The van der Waals surface area contributed by atoms with E-state index >= 15 is 0 Å². The summed E-state index contributed by atoms with van der Waals surface area (Å²) in [6, 6.07) is 3.43. The molecule has 2 unspecified atom stereocenters. The summed E-state index contributed by atoms with van der Waals surface area (Å²) in [6.07, 6.45) is 12.2. The van der Waals surface area contributed by atoms with E-state index in [-0.39, 0.29) is 93.9 Å². The Morgan fingerprint density at radius 1 is 1.02 bits per heavy atom. The van der Waals surface area contributed by atoms with E-state index in [2.05, 4.69) is 57.9 Å². The summed E-state index contributed by atoms with van der Waals surface area (Å²) in [5.41, 5.74) is 3.33. The molecule has 0 aromatic heterocycles. The number of aliphatic hydroxyl groups is 2.